The van der Waals surface area contributed by atoms with Crippen LogP contribution in [-0.2, 0) is 0 Å². The van der Waals surface area contributed by atoms with E-state index < -0.39 is 11.7 Å². The molecule has 0 aliphatic carbocycles. The second kappa shape index (κ2) is 5.03. The molecule has 4 heterocycles. The highest BCUT2D eigenvalue weighted by Crippen LogP contribution is 2.37. The van der Waals surface area contributed by atoms with E-state index in [1.54, 1.807) is 12.1 Å². The van der Waals surface area contributed by atoms with E-state index in [2.05, 4.69) is 10.3 Å². The minimum absolute atomic E-state index is 0.116. The Kier molecular flexibility index (Phi) is 3.27. The predicted octanol–water partition coefficient (Wildman–Crippen LogP) is 2.12. The van der Waals surface area contributed by atoms with Gasteiger partial charge in [-0.25, -0.2) is 0 Å². The Bertz CT molecular complexity index is 756. The maximum absolute atomic E-state index is 14.0. The van der Waals surface area contributed by atoms with Crippen molar-refractivity contribution in [3.63, 3.8) is 0 Å². The number of hydrogen-bond acceptors (Lipinski definition) is 6. The Morgan fingerprint density at radius 2 is 2.00 bits per heavy atom. The molecule has 0 spiro atoms. The lowest BCUT2D eigenvalue weighted by Crippen LogP contribution is -2.67. The standard InChI is InChI=1S/C16H19F2N3O3/c1-15(2,22)16(17,18)24-12-5-3-4-11-13(12)20-14(23-11)21-7-9-6-10(8-21)19-9/h3-5,9-10,19,22H,6-8H2,1-2H3. The molecule has 3 saturated heterocycles. The summed E-state index contributed by atoms with van der Waals surface area (Å²) in [5.74, 6) is -0.116. The van der Waals surface area contributed by atoms with Gasteiger partial charge in [-0.15, -0.1) is 0 Å². The largest absolute Gasteiger partial charge is 0.428 e. The van der Waals surface area contributed by atoms with E-state index in [0.29, 0.717) is 23.7 Å². The van der Waals surface area contributed by atoms with Gasteiger partial charge < -0.3 is 24.5 Å². The van der Waals surface area contributed by atoms with Gasteiger partial charge in [0.05, 0.1) is 0 Å². The van der Waals surface area contributed by atoms with Crippen molar-refractivity contribution in [2.45, 2.75) is 44.1 Å². The Hall–Kier alpha value is -1.93. The van der Waals surface area contributed by atoms with Crippen LogP contribution >= 0.6 is 0 Å². The van der Waals surface area contributed by atoms with Crippen molar-refractivity contribution in [2.75, 3.05) is 18.0 Å². The number of anilines is 1. The van der Waals surface area contributed by atoms with Gasteiger partial charge in [0.15, 0.2) is 22.5 Å². The van der Waals surface area contributed by atoms with Crippen molar-refractivity contribution in [1.29, 1.82) is 0 Å². The van der Waals surface area contributed by atoms with Gasteiger partial charge in [0.1, 0.15) is 0 Å². The van der Waals surface area contributed by atoms with Gasteiger partial charge in [-0.2, -0.15) is 13.8 Å². The fourth-order valence-electron chi connectivity index (χ4n) is 3.06. The highest BCUT2D eigenvalue weighted by molar-refractivity contribution is 5.81. The maximum Gasteiger partial charge on any atom is 0.426 e. The smallest absolute Gasteiger partial charge is 0.426 e. The third-order valence-electron chi connectivity index (χ3n) is 4.51. The lowest BCUT2D eigenvalue weighted by molar-refractivity contribution is -0.275. The molecule has 1 aromatic heterocycles. The number of ether oxygens (including phenoxy) is 1. The molecule has 3 aliphatic heterocycles. The van der Waals surface area contributed by atoms with Crippen LogP contribution in [0.3, 0.4) is 0 Å². The summed E-state index contributed by atoms with van der Waals surface area (Å²) < 4.78 is 38.5. The van der Waals surface area contributed by atoms with Crippen LogP contribution in [0.25, 0.3) is 11.1 Å². The van der Waals surface area contributed by atoms with Crippen LogP contribution in [0, 0.1) is 0 Å². The number of hydrogen-bond donors (Lipinski definition) is 2. The Balaban J connectivity index is 1.65. The Labute approximate surface area is 137 Å². The Morgan fingerprint density at radius 3 is 2.62 bits per heavy atom. The summed E-state index contributed by atoms with van der Waals surface area (Å²) >= 11 is 0. The number of fused-ring (bicyclic) bond motifs is 3. The summed E-state index contributed by atoms with van der Waals surface area (Å²) in [5, 5.41) is 13.0. The fourth-order valence-corrected chi connectivity index (χ4v) is 3.06. The topological polar surface area (TPSA) is 70.8 Å². The number of aliphatic hydroxyl groups is 1. The van der Waals surface area contributed by atoms with Crippen LogP contribution < -0.4 is 15.0 Å². The molecule has 130 valence electrons. The molecule has 2 atom stereocenters. The van der Waals surface area contributed by atoms with Gasteiger partial charge in [-0.1, -0.05) is 6.07 Å². The van der Waals surface area contributed by atoms with Crippen LogP contribution in [0.4, 0.5) is 14.8 Å². The van der Waals surface area contributed by atoms with Crippen LogP contribution in [-0.4, -0.2) is 47.0 Å². The van der Waals surface area contributed by atoms with Gasteiger partial charge in [0.25, 0.3) is 6.01 Å². The zero-order valence-electron chi connectivity index (χ0n) is 13.4. The van der Waals surface area contributed by atoms with Gasteiger partial charge >= 0.3 is 6.11 Å². The molecule has 2 N–H and O–H groups in total. The van der Waals surface area contributed by atoms with Crippen LogP contribution in [0.1, 0.15) is 20.3 Å². The fraction of sp³-hybridized carbons (Fsp3) is 0.562. The molecule has 3 aliphatic rings. The van der Waals surface area contributed by atoms with E-state index >= 15 is 0 Å². The third-order valence-corrected chi connectivity index (χ3v) is 4.51. The number of rotatable bonds is 4. The normalized spacial score (nSPS) is 24.1. The number of oxazole rings is 1. The number of para-hydroxylation sites is 1. The summed E-state index contributed by atoms with van der Waals surface area (Å²) in [4.78, 5) is 6.36. The van der Waals surface area contributed by atoms with E-state index in [0.717, 1.165) is 33.4 Å². The third kappa shape index (κ3) is 2.50. The first-order valence-electron chi connectivity index (χ1n) is 7.93. The average molecular weight is 339 g/mol. The molecule has 24 heavy (non-hydrogen) atoms. The first kappa shape index (κ1) is 15.6. The number of alkyl halides is 2. The van der Waals surface area contributed by atoms with Crippen molar-refractivity contribution in [3.8, 4) is 5.75 Å². The van der Waals surface area contributed by atoms with Gasteiger partial charge in [0.2, 0.25) is 0 Å². The molecule has 8 heteroatoms. The van der Waals surface area contributed by atoms with Crippen LogP contribution in [0.15, 0.2) is 22.6 Å². The molecule has 2 bridgehead atoms. The van der Waals surface area contributed by atoms with Gasteiger partial charge in [-0.05, 0) is 32.4 Å². The monoisotopic (exact) mass is 339 g/mol. The molecular weight excluding hydrogens is 320 g/mol. The van der Waals surface area contributed by atoms with Crippen molar-refractivity contribution < 1.29 is 23.0 Å². The summed E-state index contributed by atoms with van der Waals surface area (Å²) in [5.41, 5.74) is -1.72. The van der Waals surface area contributed by atoms with Crippen LogP contribution in [0.5, 0.6) is 5.75 Å². The molecule has 0 saturated carbocycles. The number of halogens is 2. The SMILES string of the molecule is CC(C)(O)C(F)(F)Oc1cccc2oc(N3CC4CC(C3)N4)nc12. The first-order chi connectivity index (χ1) is 11.2. The molecule has 6 nitrogen and oxygen atoms in total. The number of benzene rings is 1. The second-order valence-electron chi connectivity index (χ2n) is 6.98. The van der Waals surface area contributed by atoms with E-state index in [9.17, 15) is 13.9 Å². The van der Waals surface area contributed by atoms with Gasteiger partial charge in [0, 0.05) is 25.2 Å². The highest BCUT2D eigenvalue weighted by Gasteiger charge is 2.49. The summed E-state index contributed by atoms with van der Waals surface area (Å²) in [7, 11) is 0. The summed E-state index contributed by atoms with van der Waals surface area (Å²) in [6.07, 6.45) is -2.61. The predicted molar refractivity (Wildman–Crippen MR) is 83.4 cm³/mol. The molecule has 1 aromatic carbocycles. The molecule has 0 amide bonds. The minimum atomic E-state index is -3.75. The maximum atomic E-state index is 14.0. The molecule has 0 radical (unpaired) electrons. The number of piperazine rings is 1. The zero-order chi connectivity index (χ0) is 17.1. The van der Waals surface area contributed by atoms with Crippen molar-refractivity contribution in [2.24, 2.45) is 0 Å². The molecule has 2 unspecified atom stereocenters. The van der Waals surface area contributed by atoms with E-state index in [1.807, 2.05) is 4.90 Å². The quantitative estimate of drug-likeness (QED) is 0.889. The average Bonchev–Trinajstić information content (AvgIpc) is 2.90. The van der Waals surface area contributed by atoms with Crippen molar-refractivity contribution in [3.05, 3.63) is 18.2 Å². The van der Waals surface area contributed by atoms with E-state index in [4.69, 9.17) is 9.15 Å². The molecular formula is C16H19F2N3O3. The Morgan fingerprint density at radius 1 is 1.33 bits per heavy atom. The van der Waals surface area contributed by atoms with Gasteiger partial charge in [-0.3, -0.25) is 0 Å². The zero-order valence-corrected chi connectivity index (χ0v) is 13.4. The lowest BCUT2D eigenvalue weighted by Gasteiger charge is -2.47. The first-order valence-corrected chi connectivity index (χ1v) is 7.93. The molecule has 3 fully saturated rings. The second-order valence-corrected chi connectivity index (χ2v) is 6.98. The van der Waals surface area contributed by atoms with E-state index in [1.165, 1.54) is 6.07 Å². The lowest BCUT2D eigenvalue weighted by atomic mass is 9.92. The number of nitrogens with one attached hydrogen (secondary N) is 1. The molecule has 5 rings (SSSR count). The van der Waals surface area contributed by atoms with Crippen molar-refractivity contribution >= 4 is 17.1 Å². The molecule has 2 aromatic rings. The van der Waals surface area contributed by atoms with E-state index in [-0.39, 0.29) is 11.3 Å². The minimum Gasteiger partial charge on any atom is -0.428 e. The summed E-state index contributed by atoms with van der Waals surface area (Å²) in [6, 6.07) is 5.86. The summed E-state index contributed by atoms with van der Waals surface area (Å²) in [6.45, 7) is 3.54. The number of nitrogens with zero attached hydrogens (tertiary/aromatic N) is 2. The highest BCUT2D eigenvalue weighted by atomic mass is 19.3. The number of aromatic nitrogens is 1. The number of piperidine rings is 1. The van der Waals surface area contributed by atoms with Crippen LogP contribution in [0.2, 0.25) is 0 Å². The van der Waals surface area contributed by atoms with Crippen molar-refractivity contribution in [1.82, 2.24) is 10.3 Å².